The maximum Gasteiger partial charge on any atom is 0.239 e. The first kappa shape index (κ1) is 15.2. The number of hydrogen-bond acceptors (Lipinski definition) is 5. The Morgan fingerprint density at radius 2 is 1.96 bits per heavy atom. The summed E-state index contributed by atoms with van der Waals surface area (Å²) < 4.78 is 5.53. The summed E-state index contributed by atoms with van der Waals surface area (Å²) in [6, 6.07) is 11.5. The van der Waals surface area contributed by atoms with Crippen molar-refractivity contribution in [2.45, 2.75) is 0 Å². The topological polar surface area (TPSA) is 82.1 Å². The fraction of sp³-hybridized carbons (Fsp3) is 0. The van der Waals surface area contributed by atoms with Crippen LogP contribution < -0.4 is 5.32 Å². The molecule has 2 N–H and O–H groups in total. The molecular formula is C16H9Cl2N3O2. The number of allylic oxidation sites excluding steroid dienone is 1. The van der Waals surface area contributed by atoms with Crippen molar-refractivity contribution in [1.29, 1.82) is 5.26 Å². The average molecular weight is 346 g/mol. The molecule has 0 aliphatic heterocycles. The number of aromatic hydroxyl groups is 1. The average Bonchev–Trinajstić information content (AvgIpc) is 2.94. The second kappa shape index (κ2) is 6.21. The zero-order chi connectivity index (χ0) is 16.4. The molecule has 3 aromatic rings. The number of halogens is 2. The third-order valence-electron chi connectivity index (χ3n) is 3.03. The van der Waals surface area contributed by atoms with Crippen molar-refractivity contribution in [3.63, 3.8) is 0 Å². The van der Waals surface area contributed by atoms with Crippen molar-refractivity contribution in [1.82, 2.24) is 4.98 Å². The Balaban J connectivity index is 1.94. The number of nitriles is 1. The molecule has 0 radical (unpaired) electrons. The predicted molar refractivity (Wildman–Crippen MR) is 89.3 cm³/mol. The lowest BCUT2D eigenvalue weighted by molar-refractivity contribution is 0.477. The maximum absolute atomic E-state index is 9.75. The van der Waals surface area contributed by atoms with Crippen molar-refractivity contribution in [3.05, 3.63) is 58.5 Å². The molecule has 0 aliphatic rings. The van der Waals surface area contributed by atoms with Crippen LogP contribution in [-0.2, 0) is 0 Å². The van der Waals surface area contributed by atoms with Gasteiger partial charge in [-0.1, -0.05) is 23.2 Å². The highest BCUT2D eigenvalue weighted by atomic mass is 35.5. The van der Waals surface area contributed by atoms with Gasteiger partial charge in [-0.05, 0) is 36.4 Å². The Kier molecular flexibility index (Phi) is 4.11. The van der Waals surface area contributed by atoms with E-state index < -0.39 is 0 Å². The molecule has 23 heavy (non-hydrogen) atoms. The summed E-state index contributed by atoms with van der Waals surface area (Å²) in [5.74, 6) is 0.158. The van der Waals surface area contributed by atoms with E-state index in [-0.39, 0.29) is 17.2 Å². The SMILES string of the molecule is N#C/C(=C\Nc1cc(Cl)ccc1O)c1nc2cc(Cl)ccc2o1. The van der Waals surface area contributed by atoms with Gasteiger partial charge >= 0.3 is 0 Å². The van der Waals surface area contributed by atoms with Crippen molar-refractivity contribution < 1.29 is 9.52 Å². The van der Waals surface area contributed by atoms with Crippen molar-refractivity contribution in [2.75, 3.05) is 5.32 Å². The highest BCUT2D eigenvalue weighted by molar-refractivity contribution is 6.31. The Morgan fingerprint density at radius 3 is 2.74 bits per heavy atom. The smallest absolute Gasteiger partial charge is 0.239 e. The molecule has 0 atom stereocenters. The third-order valence-corrected chi connectivity index (χ3v) is 3.50. The molecular weight excluding hydrogens is 337 g/mol. The van der Waals surface area contributed by atoms with E-state index in [0.717, 1.165) is 0 Å². The van der Waals surface area contributed by atoms with Crippen molar-refractivity contribution >= 4 is 45.6 Å². The number of rotatable bonds is 3. The van der Waals surface area contributed by atoms with Gasteiger partial charge in [0.2, 0.25) is 5.89 Å². The molecule has 0 spiro atoms. The minimum atomic E-state index is 0.00675. The van der Waals surface area contributed by atoms with Crippen LogP contribution in [0.3, 0.4) is 0 Å². The molecule has 0 aliphatic carbocycles. The van der Waals surface area contributed by atoms with Gasteiger partial charge in [-0.3, -0.25) is 0 Å². The lowest BCUT2D eigenvalue weighted by Crippen LogP contribution is -1.92. The monoisotopic (exact) mass is 345 g/mol. The van der Waals surface area contributed by atoms with Gasteiger partial charge in [-0.25, -0.2) is 4.98 Å². The van der Waals surface area contributed by atoms with Crippen LogP contribution in [0.5, 0.6) is 5.75 Å². The van der Waals surface area contributed by atoms with Gasteiger partial charge < -0.3 is 14.8 Å². The van der Waals surface area contributed by atoms with Gasteiger partial charge in [0.15, 0.2) is 5.58 Å². The quantitative estimate of drug-likeness (QED) is 0.525. The first-order chi connectivity index (χ1) is 11.1. The normalized spacial score (nSPS) is 11.4. The van der Waals surface area contributed by atoms with E-state index in [1.54, 1.807) is 24.3 Å². The number of phenols is 1. The number of nitrogens with zero attached hydrogens (tertiary/aromatic N) is 2. The Labute approximate surface area is 141 Å². The van der Waals surface area contributed by atoms with Gasteiger partial charge in [0.25, 0.3) is 0 Å². The molecule has 1 heterocycles. The zero-order valence-corrected chi connectivity index (χ0v) is 13.1. The molecule has 7 heteroatoms. The summed E-state index contributed by atoms with van der Waals surface area (Å²) in [6.45, 7) is 0. The summed E-state index contributed by atoms with van der Waals surface area (Å²) in [7, 11) is 0. The number of aromatic nitrogens is 1. The van der Waals surface area contributed by atoms with Gasteiger partial charge in [0, 0.05) is 16.2 Å². The second-order valence-corrected chi connectivity index (χ2v) is 5.48. The van der Waals surface area contributed by atoms with Crippen LogP contribution in [0.25, 0.3) is 16.7 Å². The van der Waals surface area contributed by atoms with Crippen LogP contribution in [0.1, 0.15) is 5.89 Å². The number of hydrogen-bond donors (Lipinski definition) is 2. The molecule has 0 unspecified atom stereocenters. The number of fused-ring (bicyclic) bond motifs is 1. The van der Waals surface area contributed by atoms with E-state index in [4.69, 9.17) is 27.6 Å². The number of phenolic OH excluding ortho intramolecular Hbond substituents is 1. The molecule has 0 saturated heterocycles. The number of anilines is 1. The highest BCUT2D eigenvalue weighted by Gasteiger charge is 2.11. The van der Waals surface area contributed by atoms with Crippen LogP contribution >= 0.6 is 23.2 Å². The van der Waals surface area contributed by atoms with E-state index in [2.05, 4.69) is 10.3 Å². The van der Waals surface area contributed by atoms with E-state index in [9.17, 15) is 10.4 Å². The molecule has 0 fully saturated rings. The lowest BCUT2D eigenvalue weighted by Gasteiger charge is -2.04. The zero-order valence-electron chi connectivity index (χ0n) is 11.5. The predicted octanol–water partition coefficient (Wildman–Crippen LogP) is 4.82. The first-order valence-corrected chi connectivity index (χ1v) is 7.24. The maximum atomic E-state index is 9.75. The van der Waals surface area contributed by atoms with Crippen LogP contribution in [0, 0.1) is 11.3 Å². The van der Waals surface area contributed by atoms with E-state index in [1.807, 2.05) is 6.07 Å². The summed E-state index contributed by atoms with van der Waals surface area (Å²) in [4.78, 5) is 4.23. The van der Waals surface area contributed by atoms with Crippen LogP contribution in [-0.4, -0.2) is 10.1 Å². The molecule has 0 amide bonds. The molecule has 0 saturated carbocycles. The third kappa shape index (κ3) is 3.24. The fourth-order valence-corrected chi connectivity index (χ4v) is 2.27. The van der Waals surface area contributed by atoms with E-state index in [1.165, 1.54) is 18.3 Å². The van der Waals surface area contributed by atoms with Gasteiger partial charge in [-0.2, -0.15) is 5.26 Å². The standard InChI is InChI=1S/C16H9Cl2N3O2/c17-10-1-3-14(22)12(5-10)20-8-9(7-19)16-21-13-6-11(18)2-4-15(13)23-16/h1-6,8,20,22H/b9-8+. The Bertz CT molecular complexity index is 958. The number of nitrogens with one attached hydrogen (secondary N) is 1. The molecule has 114 valence electrons. The van der Waals surface area contributed by atoms with Gasteiger partial charge in [0.05, 0.1) is 5.69 Å². The number of benzene rings is 2. The molecule has 3 rings (SSSR count). The molecule has 0 bridgehead atoms. The molecule has 5 nitrogen and oxygen atoms in total. The largest absolute Gasteiger partial charge is 0.506 e. The molecule has 2 aromatic carbocycles. The fourth-order valence-electron chi connectivity index (χ4n) is 1.93. The van der Waals surface area contributed by atoms with Crippen molar-refractivity contribution in [3.8, 4) is 11.8 Å². The van der Waals surface area contributed by atoms with Crippen molar-refractivity contribution in [2.24, 2.45) is 0 Å². The number of oxazole rings is 1. The summed E-state index contributed by atoms with van der Waals surface area (Å²) in [5.41, 5.74) is 1.61. The minimum Gasteiger partial charge on any atom is -0.506 e. The highest BCUT2D eigenvalue weighted by Crippen LogP contribution is 2.28. The van der Waals surface area contributed by atoms with Crippen LogP contribution in [0.2, 0.25) is 10.0 Å². The van der Waals surface area contributed by atoms with E-state index in [0.29, 0.717) is 26.8 Å². The summed E-state index contributed by atoms with van der Waals surface area (Å²) in [6.07, 6.45) is 1.39. The Hall–Kier alpha value is -2.68. The second-order valence-electron chi connectivity index (χ2n) is 4.61. The first-order valence-electron chi connectivity index (χ1n) is 6.48. The van der Waals surface area contributed by atoms with Crippen LogP contribution in [0.4, 0.5) is 5.69 Å². The van der Waals surface area contributed by atoms with Crippen LogP contribution in [0.15, 0.2) is 47.0 Å². The van der Waals surface area contributed by atoms with Gasteiger partial charge in [-0.15, -0.1) is 0 Å². The summed E-state index contributed by atoms with van der Waals surface area (Å²) >= 11 is 11.8. The van der Waals surface area contributed by atoms with E-state index >= 15 is 0 Å². The van der Waals surface area contributed by atoms with Gasteiger partial charge in [0.1, 0.15) is 22.9 Å². The Morgan fingerprint density at radius 1 is 1.22 bits per heavy atom. The molecule has 1 aromatic heterocycles. The minimum absolute atomic E-state index is 0.00675. The summed E-state index contributed by atoms with van der Waals surface area (Å²) in [5, 5.41) is 22.8. The lowest BCUT2D eigenvalue weighted by atomic mass is 10.2.